The first-order valence-electron chi connectivity index (χ1n) is 5.46. The first-order chi connectivity index (χ1) is 7.76. The Morgan fingerprint density at radius 1 is 1.31 bits per heavy atom. The maximum Gasteiger partial charge on any atom is 0.132 e. The van der Waals surface area contributed by atoms with Crippen molar-refractivity contribution in [3.63, 3.8) is 0 Å². The molecule has 16 heavy (non-hydrogen) atoms. The number of hydrogen-bond acceptors (Lipinski definition) is 5. The fourth-order valence-corrected chi connectivity index (χ4v) is 1.27. The second-order valence-corrected chi connectivity index (χ2v) is 3.48. The monoisotopic (exact) mass is 219 g/mol. The highest BCUT2D eigenvalue weighted by atomic mass is 15.1. The molecule has 0 aliphatic heterocycles. The summed E-state index contributed by atoms with van der Waals surface area (Å²) in [4.78, 5) is 8.45. The third-order valence-corrected chi connectivity index (χ3v) is 2.02. The standard InChI is InChI=1S/C11H17N5/c1-3-4-6-13-10-8-11(14-7-5-12)16-9(2)15-10/h8H,3-4,6-7H2,1-2H3,(H2,13,14,15,16). The molecule has 86 valence electrons. The van der Waals surface area contributed by atoms with Gasteiger partial charge in [0.1, 0.15) is 24.0 Å². The summed E-state index contributed by atoms with van der Waals surface area (Å²) in [6, 6.07) is 3.83. The van der Waals surface area contributed by atoms with Crippen LogP contribution >= 0.6 is 0 Å². The van der Waals surface area contributed by atoms with Crippen LogP contribution in [0.5, 0.6) is 0 Å². The highest BCUT2D eigenvalue weighted by Gasteiger charge is 2.00. The maximum atomic E-state index is 8.47. The molecule has 0 atom stereocenters. The number of aryl methyl sites for hydroxylation is 1. The molecule has 0 aromatic carbocycles. The SMILES string of the molecule is CCCCNc1cc(NCC#N)nc(C)n1. The van der Waals surface area contributed by atoms with Crippen LogP contribution in [0.3, 0.4) is 0 Å². The number of unbranched alkanes of at least 4 members (excludes halogenated alkanes) is 1. The first-order valence-corrected chi connectivity index (χ1v) is 5.46. The van der Waals surface area contributed by atoms with E-state index in [1.807, 2.05) is 19.1 Å². The summed E-state index contributed by atoms with van der Waals surface area (Å²) in [6.45, 7) is 5.14. The Bertz CT molecular complexity index is 369. The van der Waals surface area contributed by atoms with Crippen molar-refractivity contribution in [3.05, 3.63) is 11.9 Å². The molecule has 1 heterocycles. The Morgan fingerprint density at radius 3 is 2.62 bits per heavy atom. The van der Waals surface area contributed by atoms with E-state index in [1.54, 1.807) is 0 Å². The van der Waals surface area contributed by atoms with Crippen LogP contribution in [0.4, 0.5) is 11.6 Å². The molecule has 1 aromatic rings. The van der Waals surface area contributed by atoms with Gasteiger partial charge in [0.2, 0.25) is 0 Å². The lowest BCUT2D eigenvalue weighted by Crippen LogP contribution is -2.07. The van der Waals surface area contributed by atoms with Crippen LogP contribution in [0.2, 0.25) is 0 Å². The second kappa shape index (κ2) is 6.62. The van der Waals surface area contributed by atoms with Gasteiger partial charge in [-0.2, -0.15) is 5.26 Å². The second-order valence-electron chi connectivity index (χ2n) is 3.48. The average molecular weight is 219 g/mol. The quantitative estimate of drug-likeness (QED) is 0.565. The Labute approximate surface area is 95.9 Å². The first kappa shape index (κ1) is 12.2. The predicted molar refractivity (Wildman–Crippen MR) is 64.3 cm³/mol. The zero-order valence-corrected chi connectivity index (χ0v) is 9.75. The predicted octanol–water partition coefficient (Wildman–Crippen LogP) is 1.93. The lowest BCUT2D eigenvalue weighted by molar-refractivity contribution is 0.829. The van der Waals surface area contributed by atoms with Gasteiger partial charge in [0.25, 0.3) is 0 Å². The van der Waals surface area contributed by atoms with Crippen molar-refractivity contribution in [2.45, 2.75) is 26.7 Å². The lowest BCUT2D eigenvalue weighted by atomic mass is 10.3. The maximum absolute atomic E-state index is 8.47. The van der Waals surface area contributed by atoms with Crippen molar-refractivity contribution in [2.75, 3.05) is 23.7 Å². The Balaban J connectivity index is 2.62. The fourth-order valence-electron chi connectivity index (χ4n) is 1.27. The normalized spacial score (nSPS) is 9.56. The molecule has 0 aliphatic rings. The fraction of sp³-hybridized carbons (Fsp3) is 0.545. The number of nitrogens with one attached hydrogen (secondary N) is 2. The van der Waals surface area contributed by atoms with Gasteiger partial charge in [0.15, 0.2) is 0 Å². The van der Waals surface area contributed by atoms with Crippen LogP contribution in [0.15, 0.2) is 6.07 Å². The average Bonchev–Trinajstić information content (AvgIpc) is 2.26. The zero-order valence-electron chi connectivity index (χ0n) is 9.75. The third kappa shape index (κ3) is 4.13. The lowest BCUT2D eigenvalue weighted by Gasteiger charge is -2.08. The van der Waals surface area contributed by atoms with Gasteiger partial charge in [-0.1, -0.05) is 13.3 Å². The minimum Gasteiger partial charge on any atom is -0.370 e. The minimum absolute atomic E-state index is 0.255. The van der Waals surface area contributed by atoms with Crippen LogP contribution in [0.1, 0.15) is 25.6 Å². The molecule has 0 bridgehead atoms. The Hall–Kier alpha value is -1.83. The van der Waals surface area contributed by atoms with E-state index in [1.165, 1.54) is 0 Å². The van der Waals surface area contributed by atoms with E-state index in [4.69, 9.17) is 5.26 Å². The number of rotatable bonds is 6. The molecule has 0 fully saturated rings. The minimum atomic E-state index is 0.255. The molecule has 0 aliphatic carbocycles. The topological polar surface area (TPSA) is 73.6 Å². The smallest absolute Gasteiger partial charge is 0.132 e. The summed E-state index contributed by atoms with van der Waals surface area (Å²) in [7, 11) is 0. The van der Waals surface area contributed by atoms with E-state index in [9.17, 15) is 0 Å². The Kier molecular flexibility index (Phi) is 5.06. The van der Waals surface area contributed by atoms with Gasteiger partial charge in [0.05, 0.1) is 6.07 Å². The number of aromatic nitrogens is 2. The Morgan fingerprint density at radius 2 is 2.00 bits per heavy atom. The van der Waals surface area contributed by atoms with Crippen LogP contribution < -0.4 is 10.6 Å². The van der Waals surface area contributed by atoms with Gasteiger partial charge in [-0.3, -0.25) is 0 Å². The molecule has 1 aromatic heterocycles. The molecule has 0 amide bonds. The molecule has 0 spiro atoms. The van der Waals surface area contributed by atoms with E-state index in [-0.39, 0.29) is 6.54 Å². The molecule has 1 rings (SSSR count). The highest BCUT2D eigenvalue weighted by molar-refractivity contribution is 5.47. The van der Waals surface area contributed by atoms with Crippen LogP contribution in [0.25, 0.3) is 0 Å². The molecular weight excluding hydrogens is 202 g/mol. The van der Waals surface area contributed by atoms with Crippen molar-refractivity contribution < 1.29 is 0 Å². The largest absolute Gasteiger partial charge is 0.370 e. The van der Waals surface area contributed by atoms with Crippen molar-refractivity contribution in [2.24, 2.45) is 0 Å². The molecule has 0 saturated carbocycles. The number of hydrogen-bond donors (Lipinski definition) is 2. The van der Waals surface area contributed by atoms with Crippen molar-refractivity contribution in [1.82, 2.24) is 9.97 Å². The molecule has 5 nitrogen and oxygen atoms in total. The summed E-state index contributed by atoms with van der Waals surface area (Å²) in [6.07, 6.45) is 2.26. The van der Waals surface area contributed by atoms with Gasteiger partial charge in [-0.05, 0) is 13.3 Å². The number of nitrogens with zero attached hydrogens (tertiary/aromatic N) is 3. The summed E-state index contributed by atoms with van der Waals surface area (Å²) in [5, 5.41) is 14.6. The van der Waals surface area contributed by atoms with Gasteiger partial charge < -0.3 is 10.6 Å². The van der Waals surface area contributed by atoms with E-state index in [0.29, 0.717) is 11.6 Å². The molecule has 0 radical (unpaired) electrons. The zero-order chi connectivity index (χ0) is 11.8. The molecular formula is C11H17N5. The summed E-state index contributed by atoms with van der Waals surface area (Å²) < 4.78 is 0. The van der Waals surface area contributed by atoms with Crippen LogP contribution in [-0.2, 0) is 0 Å². The summed E-state index contributed by atoms with van der Waals surface area (Å²) in [5.74, 6) is 2.19. The summed E-state index contributed by atoms with van der Waals surface area (Å²) in [5.41, 5.74) is 0. The van der Waals surface area contributed by atoms with Gasteiger partial charge in [-0.25, -0.2) is 9.97 Å². The molecule has 0 saturated heterocycles. The molecule has 0 unspecified atom stereocenters. The highest BCUT2D eigenvalue weighted by Crippen LogP contribution is 2.10. The van der Waals surface area contributed by atoms with E-state index in [0.717, 1.165) is 25.2 Å². The van der Waals surface area contributed by atoms with Crippen molar-refractivity contribution >= 4 is 11.6 Å². The van der Waals surface area contributed by atoms with E-state index >= 15 is 0 Å². The van der Waals surface area contributed by atoms with Crippen molar-refractivity contribution in [3.8, 4) is 6.07 Å². The van der Waals surface area contributed by atoms with Crippen LogP contribution in [-0.4, -0.2) is 23.1 Å². The number of nitriles is 1. The van der Waals surface area contributed by atoms with E-state index in [2.05, 4.69) is 27.5 Å². The van der Waals surface area contributed by atoms with Crippen LogP contribution in [0, 0.1) is 18.3 Å². The molecule has 5 heteroatoms. The van der Waals surface area contributed by atoms with Crippen molar-refractivity contribution in [1.29, 1.82) is 5.26 Å². The third-order valence-electron chi connectivity index (χ3n) is 2.02. The van der Waals surface area contributed by atoms with Gasteiger partial charge in [-0.15, -0.1) is 0 Å². The van der Waals surface area contributed by atoms with Gasteiger partial charge >= 0.3 is 0 Å². The van der Waals surface area contributed by atoms with E-state index < -0.39 is 0 Å². The molecule has 2 N–H and O–H groups in total. The van der Waals surface area contributed by atoms with Gasteiger partial charge in [0, 0.05) is 12.6 Å². The summed E-state index contributed by atoms with van der Waals surface area (Å²) >= 11 is 0. The number of anilines is 2.